The summed E-state index contributed by atoms with van der Waals surface area (Å²) in [5, 5.41) is 3.26. The quantitative estimate of drug-likeness (QED) is 0.919. The van der Waals surface area contributed by atoms with Gasteiger partial charge in [-0.25, -0.2) is 14.4 Å². The van der Waals surface area contributed by atoms with E-state index in [1.54, 1.807) is 0 Å². The SMILES string of the molecule is Fc1cnc(N[C@@H]2CO[C@@]3(CCCN(Cc4ccccn4)C3)C2)nc1. The van der Waals surface area contributed by atoms with E-state index >= 15 is 0 Å². The average Bonchev–Trinajstić information content (AvgIpc) is 3.00. The minimum absolute atomic E-state index is 0.120. The molecule has 2 atom stereocenters. The number of hydrogen-bond donors (Lipinski definition) is 1. The van der Waals surface area contributed by atoms with Crippen molar-refractivity contribution in [2.45, 2.75) is 37.5 Å². The first-order chi connectivity index (χ1) is 12.2. The molecule has 1 N–H and O–H groups in total. The molecule has 0 saturated carbocycles. The Kier molecular flexibility index (Phi) is 4.59. The zero-order valence-corrected chi connectivity index (χ0v) is 14.1. The van der Waals surface area contributed by atoms with E-state index in [0.29, 0.717) is 12.6 Å². The Morgan fingerprint density at radius 2 is 2.16 bits per heavy atom. The van der Waals surface area contributed by atoms with Gasteiger partial charge in [0.2, 0.25) is 5.95 Å². The molecule has 25 heavy (non-hydrogen) atoms. The van der Waals surface area contributed by atoms with Crippen molar-refractivity contribution in [1.82, 2.24) is 19.9 Å². The summed E-state index contributed by atoms with van der Waals surface area (Å²) in [7, 11) is 0. The van der Waals surface area contributed by atoms with Crippen LogP contribution >= 0.6 is 0 Å². The third kappa shape index (κ3) is 3.93. The summed E-state index contributed by atoms with van der Waals surface area (Å²) in [6.07, 6.45) is 7.28. The molecule has 0 unspecified atom stereocenters. The highest BCUT2D eigenvalue weighted by Gasteiger charge is 2.43. The number of piperidine rings is 1. The normalized spacial score (nSPS) is 26.8. The predicted octanol–water partition coefficient (Wildman–Crippen LogP) is 2.25. The van der Waals surface area contributed by atoms with Crippen LogP contribution in [-0.4, -0.2) is 51.2 Å². The second-order valence-corrected chi connectivity index (χ2v) is 6.90. The van der Waals surface area contributed by atoms with Crippen LogP contribution in [0.5, 0.6) is 0 Å². The van der Waals surface area contributed by atoms with Gasteiger partial charge in [0.1, 0.15) is 0 Å². The fourth-order valence-corrected chi connectivity index (χ4v) is 3.84. The maximum atomic E-state index is 12.9. The number of likely N-dealkylation sites (tertiary alicyclic amines) is 1. The second kappa shape index (κ2) is 7.01. The highest BCUT2D eigenvalue weighted by atomic mass is 19.1. The van der Waals surface area contributed by atoms with Crippen LogP contribution in [0.3, 0.4) is 0 Å². The molecule has 0 aromatic carbocycles. The Hall–Kier alpha value is -2.12. The van der Waals surface area contributed by atoms with Crippen LogP contribution < -0.4 is 5.32 Å². The Labute approximate surface area is 146 Å². The number of anilines is 1. The molecule has 0 amide bonds. The summed E-state index contributed by atoms with van der Waals surface area (Å²) in [6, 6.07) is 6.18. The van der Waals surface area contributed by atoms with Gasteiger partial charge < -0.3 is 10.1 Å². The van der Waals surface area contributed by atoms with Crippen molar-refractivity contribution in [3.8, 4) is 0 Å². The molecular formula is C18H22FN5O. The van der Waals surface area contributed by atoms with E-state index in [2.05, 4.69) is 31.2 Å². The van der Waals surface area contributed by atoms with Crippen LogP contribution in [0.25, 0.3) is 0 Å². The van der Waals surface area contributed by atoms with Gasteiger partial charge in [0.15, 0.2) is 5.82 Å². The predicted molar refractivity (Wildman–Crippen MR) is 91.4 cm³/mol. The number of nitrogens with zero attached hydrogens (tertiary/aromatic N) is 4. The molecule has 2 saturated heterocycles. The van der Waals surface area contributed by atoms with Crippen molar-refractivity contribution in [3.05, 3.63) is 48.3 Å². The molecule has 2 aliphatic rings. The topological polar surface area (TPSA) is 63.2 Å². The molecule has 2 fully saturated rings. The summed E-state index contributed by atoms with van der Waals surface area (Å²) >= 11 is 0. The van der Waals surface area contributed by atoms with Crippen LogP contribution in [0.15, 0.2) is 36.8 Å². The lowest BCUT2D eigenvalue weighted by Gasteiger charge is -2.39. The van der Waals surface area contributed by atoms with E-state index in [0.717, 1.165) is 44.6 Å². The summed E-state index contributed by atoms with van der Waals surface area (Å²) < 4.78 is 19.1. The fraction of sp³-hybridized carbons (Fsp3) is 0.500. The molecule has 4 rings (SSSR count). The van der Waals surface area contributed by atoms with Gasteiger partial charge in [0, 0.05) is 25.7 Å². The van der Waals surface area contributed by atoms with E-state index < -0.39 is 5.82 Å². The molecule has 1 spiro atoms. The molecule has 7 heteroatoms. The molecule has 2 aromatic rings. The van der Waals surface area contributed by atoms with Crippen LogP contribution in [0, 0.1) is 5.82 Å². The lowest BCUT2D eigenvalue weighted by atomic mass is 9.88. The van der Waals surface area contributed by atoms with E-state index in [1.807, 2.05) is 18.3 Å². The largest absolute Gasteiger partial charge is 0.371 e. The first-order valence-corrected chi connectivity index (χ1v) is 8.71. The van der Waals surface area contributed by atoms with Gasteiger partial charge in [-0.3, -0.25) is 9.88 Å². The molecule has 132 valence electrons. The lowest BCUT2D eigenvalue weighted by molar-refractivity contribution is -0.0535. The minimum atomic E-state index is -0.429. The molecule has 2 aromatic heterocycles. The fourth-order valence-electron chi connectivity index (χ4n) is 3.84. The lowest BCUT2D eigenvalue weighted by Crippen LogP contribution is -2.47. The molecule has 6 nitrogen and oxygen atoms in total. The van der Waals surface area contributed by atoms with Gasteiger partial charge >= 0.3 is 0 Å². The maximum Gasteiger partial charge on any atom is 0.223 e. The zero-order chi connectivity index (χ0) is 17.1. The van der Waals surface area contributed by atoms with Crippen LogP contribution in [0.2, 0.25) is 0 Å². The summed E-state index contributed by atoms with van der Waals surface area (Å²) in [6.45, 7) is 3.45. The monoisotopic (exact) mass is 343 g/mol. The number of aromatic nitrogens is 3. The van der Waals surface area contributed by atoms with Gasteiger partial charge in [-0.05, 0) is 31.5 Å². The van der Waals surface area contributed by atoms with Crippen molar-refractivity contribution in [2.75, 3.05) is 25.0 Å². The van der Waals surface area contributed by atoms with Crippen LogP contribution in [0.1, 0.15) is 25.0 Å². The third-order valence-corrected chi connectivity index (χ3v) is 4.89. The Bertz CT molecular complexity index is 698. The van der Waals surface area contributed by atoms with Crippen molar-refractivity contribution < 1.29 is 9.13 Å². The number of halogens is 1. The van der Waals surface area contributed by atoms with E-state index in [-0.39, 0.29) is 11.6 Å². The summed E-state index contributed by atoms with van der Waals surface area (Å²) in [5.41, 5.74) is 0.969. The molecule has 0 bridgehead atoms. The van der Waals surface area contributed by atoms with Crippen molar-refractivity contribution in [2.24, 2.45) is 0 Å². The molecule has 0 radical (unpaired) electrons. The Balaban J connectivity index is 1.36. The van der Waals surface area contributed by atoms with Gasteiger partial charge in [-0.1, -0.05) is 6.07 Å². The first-order valence-electron chi connectivity index (χ1n) is 8.71. The molecule has 2 aliphatic heterocycles. The standard InChI is InChI=1S/C18H22FN5O/c19-14-9-21-17(22-10-14)23-16-8-18(25-12-16)5-3-7-24(13-18)11-15-4-1-2-6-20-15/h1-2,4,6,9-10,16H,3,5,7-8,11-13H2,(H,21,22,23)/t16-,18-/m0/s1. The zero-order valence-electron chi connectivity index (χ0n) is 14.1. The molecule has 0 aliphatic carbocycles. The number of ether oxygens (including phenoxy) is 1. The van der Waals surface area contributed by atoms with Gasteiger partial charge in [0.25, 0.3) is 0 Å². The highest BCUT2D eigenvalue weighted by molar-refractivity contribution is 5.26. The van der Waals surface area contributed by atoms with Crippen LogP contribution in [0.4, 0.5) is 10.3 Å². The smallest absolute Gasteiger partial charge is 0.223 e. The number of nitrogens with one attached hydrogen (secondary N) is 1. The minimum Gasteiger partial charge on any atom is -0.371 e. The third-order valence-electron chi connectivity index (χ3n) is 4.89. The number of hydrogen-bond acceptors (Lipinski definition) is 6. The summed E-state index contributed by atoms with van der Waals surface area (Å²) in [5.74, 6) is 0.0235. The van der Waals surface area contributed by atoms with Crippen LogP contribution in [-0.2, 0) is 11.3 Å². The average molecular weight is 343 g/mol. The number of pyridine rings is 1. The highest BCUT2D eigenvalue weighted by Crippen LogP contribution is 2.35. The van der Waals surface area contributed by atoms with Gasteiger partial charge in [-0.2, -0.15) is 0 Å². The maximum absolute atomic E-state index is 12.9. The second-order valence-electron chi connectivity index (χ2n) is 6.90. The first kappa shape index (κ1) is 16.4. The van der Waals surface area contributed by atoms with Crippen molar-refractivity contribution >= 4 is 5.95 Å². The van der Waals surface area contributed by atoms with Gasteiger partial charge in [-0.15, -0.1) is 0 Å². The van der Waals surface area contributed by atoms with Crippen molar-refractivity contribution in [1.29, 1.82) is 0 Å². The van der Waals surface area contributed by atoms with E-state index in [4.69, 9.17) is 4.74 Å². The Morgan fingerprint density at radius 3 is 2.96 bits per heavy atom. The Morgan fingerprint density at radius 1 is 1.28 bits per heavy atom. The van der Waals surface area contributed by atoms with Crippen molar-refractivity contribution in [3.63, 3.8) is 0 Å². The van der Waals surface area contributed by atoms with E-state index in [1.165, 1.54) is 12.4 Å². The number of rotatable bonds is 4. The molecule has 4 heterocycles. The van der Waals surface area contributed by atoms with Gasteiger partial charge in [0.05, 0.1) is 36.3 Å². The summed E-state index contributed by atoms with van der Waals surface area (Å²) in [4.78, 5) is 14.8. The molecular weight excluding hydrogens is 321 g/mol. The van der Waals surface area contributed by atoms with E-state index in [9.17, 15) is 4.39 Å².